The van der Waals surface area contributed by atoms with Crippen LogP contribution in [0.4, 0.5) is 5.13 Å². The van der Waals surface area contributed by atoms with Gasteiger partial charge in [-0.05, 0) is 11.6 Å². The smallest absolute Gasteiger partial charge is 0.316 e. The Hall–Kier alpha value is -3.78. The molecule has 0 radical (unpaired) electrons. The number of thioether (sulfide) groups is 1. The Morgan fingerprint density at radius 1 is 1.43 bits per heavy atom. The molecule has 2 aliphatic rings. The zero-order chi connectivity index (χ0) is 25.0. The van der Waals surface area contributed by atoms with E-state index in [1.54, 1.807) is 36.7 Å². The van der Waals surface area contributed by atoms with Gasteiger partial charge in [-0.3, -0.25) is 24.2 Å². The van der Waals surface area contributed by atoms with Crippen LogP contribution in [0.1, 0.15) is 11.3 Å². The molecule has 3 atom stereocenters. The predicted octanol–water partition coefficient (Wildman–Crippen LogP) is 0.641. The third-order valence-corrected chi connectivity index (χ3v) is 7.75. The molecule has 0 aliphatic carbocycles. The van der Waals surface area contributed by atoms with Crippen LogP contribution in [0.3, 0.4) is 0 Å². The molecule has 182 valence electrons. The molecule has 2 aromatic heterocycles. The van der Waals surface area contributed by atoms with Gasteiger partial charge in [0.2, 0.25) is 12.3 Å². The number of fused-ring (bicyclic) bond motifs is 1. The van der Waals surface area contributed by atoms with E-state index in [2.05, 4.69) is 25.8 Å². The molecule has 3 N–H and O–H groups in total. The van der Waals surface area contributed by atoms with Crippen molar-refractivity contribution in [1.29, 1.82) is 0 Å². The number of amides is 3. The topological polar surface area (TPSA) is 163 Å². The van der Waals surface area contributed by atoms with E-state index >= 15 is 0 Å². The number of rotatable bonds is 9. The van der Waals surface area contributed by atoms with Gasteiger partial charge in [-0.2, -0.15) is 0 Å². The van der Waals surface area contributed by atoms with Crippen molar-refractivity contribution in [1.82, 2.24) is 20.2 Å². The van der Waals surface area contributed by atoms with Crippen molar-refractivity contribution in [2.45, 2.75) is 11.4 Å². The molecule has 12 nitrogen and oxygen atoms in total. The molecule has 2 aliphatic heterocycles. The standard InChI is InChI=1S/C21H20N6O6S2/c1-33-26-14(13-8-34-20(24-13)23-11-28)16(29)25-15-17(30)27-9-21(19(31)32,10-35-18(15)27)5-4-12-3-2-6-22-7-12/h2-8,11,15,18H,9-10H2,1H3,(H,25,29)(H,31,32)(H,23,24,28)/t15?,18-,21?/m1/s1. The molecule has 0 saturated carbocycles. The fraction of sp³-hybridized carbons (Fsp3) is 0.286. The molecule has 2 saturated heterocycles. The van der Waals surface area contributed by atoms with Crippen LogP contribution in [-0.4, -0.2) is 80.7 Å². The number of hydrogen-bond donors (Lipinski definition) is 3. The van der Waals surface area contributed by atoms with Crippen LogP contribution < -0.4 is 10.6 Å². The number of nitrogens with one attached hydrogen (secondary N) is 2. The van der Waals surface area contributed by atoms with E-state index in [0.29, 0.717) is 6.41 Å². The molecule has 0 bridgehead atoms. The summed E-state index contributed by atoms with van der Waals surface area (Å²) in [6.07, 6.45) is 6.97. The number of aliphatic carboxylic acids is 1. The molecule has 3 amide bonds. The SMILES string of the molecule is CON=C(C(=O)NC1C(=O)N2CC(C=Cc3cccnc3)(C(=O)O)CS[C@H]12)c1csc(NC=O)n1. The Kier molecular flexibility index (Phi) is 7.12. The number of carbonyl (C=O) groups excluding carboxylic acids is 3. The van der Waals surface area contributed by atoms with Crippen LogP contribution in [-0.2, 0) is 24.0 Å². The number of anilines is 1. The zero-order valence-electron chi connectivity index (χ0n) is 18.3. The fourth-order valence-electron chi connectivity index (χ4n) is 3.63. The third-order valence-electron chi connectivity index (χ3n) is 5.42. The Labute approximate surface area is 207 Å². The zero-order valence-corrected chi connectivity index (χ0v) is 19.9. The van der Waals surface area contributed by atoms with E-state index < -0.39 is 34.6 Å². The molecule has 4 heterocycles. The van der Waals surface area contributed by atoms with Gasteiger partial charge < -0.3 is 25.5 Å². The van der Waals surface area contributed by atoms with Gasteiger partial charge >= 0.3 is 5.97 Å². The molecule has 2 unspecified atom stereocenters. The molecule has 2 fully saturated rings. The van der Waals surface area contributed by atoms with Crippen LogP contribution in [0.15, 0.2) is 41.1 Å². The number of oxime groups is 1. The van der Waals surface area contributed by atoms with Gasteiger partial charge in [0.1, 0.15) is 29.6 Å². The van der Waals surface area contributed by atoms with Gasteiger partial charge in [-0.25, -0.2) is 4.98 Å². The third kappa shape index (κ3) is 4.88. The van der Waals surface area contributed by atoms with Crippen molar-refractivity contribution in [2.24, 2.45) is 10.6 Å². The normalized spacial score (nSPS) is 23.9. The number of thiazole rings is 1. The van der Waals surface area contributed by atoms with Crippen LogP contribution >= 0.6 is 23.1 Å². The van der Waals surface area contributed by atoms with E-state index in [9.17, 15) is 24.3 Å². The van der Waals surface area contributed by atoms with Crippen molar-refractivity contribution < 1.29 is 29.1 Å². The molecule has 14 heteroatoms. The molecule has 4 rings (SSSR count). The summed E-state index contributed by atoms with van der Waals surface area (Å²) >= 11 is 2.37. The second kappa shape index (κ2) is 10.2. The summed E-state index contributed by atoms with van der Waals surface area (Å²) in [4.78, 5) is 62.8. The summed E-state index contributed by atoms with van der Waals surface area (Å²) in [6.45, 7) is -0.0200. The first-order valence-corrected chi connectivity index (χ1v) is 12.1. The van der Waals surface area contributed by atoms with Crippen molar-refractivity contribution in [3.8, 4) is 0 Å². The van der Waals surface area contributed by atoms with Crippen molar-refractivity contribution in [3.63, 3.8) is 0 Å². The highest BCUT2D eigenvalue weighted by Crippen LogP contribution is 2.43. The summed E-state index contributed by atoms with van der Waals surface area (Å²) in [6, 6.07) is 2.70. The highest BCUT2D eigenvalue weighted by atomic mass is 32.2. The van der Waals surface area contributed by atoms with Crippen molar-refractivity contribution >= 4 is 64.2 Å². The Morgan fingerprint density at radius 2 is 2.26 bits per heavy atom. The minimum Gasteiger partial charge on any atom is -0.481 e. The predicted molar refractivity (Wildman–Crippen MR) is 129 cm³/mol. The molecular formula is C21H20N6O6S2. The lowest BCUT2D eigenvalue weighted by Gasteiger charge is -2.53. The Bertz CT molecular complexity index is 1200. The number of pyridine rings is 1. The minimum atomic E-state index is -1.27. The number of aromatic nitrogens is 2. The monoisotopic (exact) mass is 516 g/mol. The number of carboxylic acids is 1. The number of hydrogen-bond acceptors (Lipinski definition) is 10. The number of nitrogens with zero attached hydrogens (tertiary/aromatic N) is 4. The highest BCUT2D eigenvalue weighted by Gasteiger charge is 2.56. The van der Waals surface area contributed by atoms with Crippen molar-refractivity contribution in [3.05, 3.63) is 47.2 Å². The number of carboxylic acid groups (broad SMARTS) is 1. The average molecular weight is 517 g/mol. The van der Waals surface area contributed by atoms with Crippen LogP contribution in [0.2, 0.25) is 0 Å². The van der Waals surface area contributed by atoms with Gasteiger partial charge in [-0.15, -0.1) is 23.1 Å². The number of carbonyl (C=O) groups is 4. The number of β-lactam (4-membered cyclic amide) rings is 1. The summed E-state index contributed by atoms with van der Waals surface area (Å²) in [5, 5.41) is 20.1. The van der Waals surface area contributed by atoms with Crippen LogP contribution in [0.5, 0.6) is 0 Å². The summed E-state index contributed by atoms with van der Waals surface area (Å²) in [5.74, 6) is -1.90. The van der Waals surface area contributed by atoms with E-state index in [1.807, 2.05) is 0 Å². The van der Waals surface area contributed by atoms with E-state index in [4.69, 9.17) is 4.84 Å². The van der Waals surface area contributed by atoms with Crippen LogP contribution in [0.25, 0.3) is 6.08 Å². The Morgan fingerprint density at radius 3 is 2.94 bits per heavy atom. The van der Waals surface area contributed by atoms with Gasteiger partial charge in [-0.1, -0.05) is 23.4 Å². The van der Waals surface area contributed by atoms with E-state index in [1.165, 1.54) is 29.2 Å². The van der Waals surface area contributed by atoms with Gasteiger partial charge in [0.15, 0.2) is 10.8 Å². The lowest BCUT2D eigenvalue weighted by molar-refractivity contribution is -0.156. The quantitative estimate of drug-likeness (QED) is 0.188. The largest absolute Gasteiger partial charge is 0.481 e. The van der Waals surface area contributed by atoms with Gasteiger partial charge in [0.25, 0.3) is 5.91 Å². The molecule has 0 aromatic carbocycles. The fourth-order valence-corrected chi connectivity index (χ4v) is 5.80. The summed E-state index contributed by atoms with van der Waals surface area (Å²) < 4.78 is 0. The highest BCUT2D eigenvalue weighted by molar-refractivity contribution is 8.00. The molecule has 35 heavy (non-hydrogen) atoms. The van der Waals surface area contributed by atoms with E-state index in [-0.39, 0.29) is 28.8 Å². The molecular weight excluding hydrogens is 496 g/mol. The van der Waals surface area contributed by atoms with Gasteiger partial charge in [0.05, 0.1) is 0 Å². The van der Waals surface area contributed by atoms with Crippen molar-refractivity contribution in [2.75, 3.05) is 24.7 Å². The lowest BCUT2D eigenvalue weighted by Crippen LogP contribution is -2.73. The van der Waals surface area contributed by atoms with E-state index in [0.717, 1.165) is 16.9 Å². The summed E-state index contributed by atoms with van der Waals surface area (Å²) in [5.41, 5.74) is -0.510. The maximum absolute atomic E-state index is 12.9. The first-order chi connectivity index (χ1) is 16.9. The van der Waals surface area contributed by atoms with Crippen LogP contribution in [0, 0.1) is 5.41 Å². The minimum absolute atomic E-state index is 0.0200. The Balaban J connectivity index is 1.45. The molecule has 2 aromatic rings. The first kappa shape index (κ1) is 24.3. The maximum atomic E-state index is 12.9. The maximum Gasteiger partial charge on any atom is 0.316 e. The first-order valence-electron chi connectivity index (χ1n) is 10.2. The molecule has 0 spiro atoms. The lowest BCUT2D eigenvalue weighted by atomic mass is 9.86. The second-order valence-corrected chi connectivity index (χ2v) is 9.59. The second-order valence-electron chi connectivity index (χ2n) is 7.62. The average Bonchev–Trinajstić information content (AvgIpc) is 3.33. The summed E-state index contributed by atoms with van der Waals surface area (Å²) in [7, 11) is 1.27. The van der Waals surface area contributed by atoms with Gasteiger partial charge in [0, 0.05) is 30.1 Å².